The van der Waals surface area contributed by atoms with E-state index in [-0.39, 0.29) is 0 Å². The van der Waals surface area contributed by atoms with Crippen LogP contribution in [-0.2, 0) is 0 Å². The van der Waals surface area contributed by atoms with Crippen molar-refractivity contribution in [3.05, 3.63) is 35.2 Å². The molecule has 0 radical (unpaired) electrons. The molecular formula is C11H17F. The topological polar surface area (TPSA) is 0 Å². The van der Waals surface area contributed by atoms with Gasteiger partial charge in [0, 0.05) is 0 Å². The summed E-state index contributed by atoms with van der Waals surface area (Å²) >= 11 is 0. The zero-order valence-electron chi connectivity index (χ0n) is 8.32. The third kappa shape index (κ3) is 3.51. The van der Waals surface area contributed by atoms with Crippen LogP contribution in [0.15, 0.2) is 35.2 Å². The van der Waals surface area contributed by atoms with Crippen LogP contribution in [0.25, 0.3) is 0 Å². The monoisotopic (exact) mass is 168 g/mol. The predicted molar refractivity (Wildman–Crippen MR) is 52.7 cm³/mol. The standard InChI is InChI=1S/C11H17F/c1-5-6-7-9(2)11(4)10(3)8-12/h5-6,8H,7H2,1-4H3/b6-5-,10-8+,11-9-. The van der Waals surface area contributed by atoms with Crippen LogP contribution in [-0.4, -0.2) is 0 Å². The van der Waals surface area contributed by atoms with E-state index in [1.54, 1.807) is 6.92 Å². The highest BCUT2D eigenvalue weighted by molar-refractivity contribution is 5.30. The highest BCUT2D eigenvalue weighted by atomic mass is 19.1. The van der Waals surface area contributed by atoms with Crippen molar-refractivity contribution in [2.75, 3.05) is 0 Å². The fourth-order valence-electron chi connectivity index (χ4n) is 0.866. The summed E-state index contributed by atoms with van der Waals surface area (Å²) in [6.07, 6.45) is 5.65. The molecule has 0 unspecified atom stereocenters. The van der Waals surface area contributed by atoms with Crippen molar-refractivity contribution in [1.29, 1.82) is 0 Å². The van der Waals surface area contributed by atoms with Gasteiger partial charge in [-0.15, -0.1) is 0 Å². The van der Waals surface area contributed by atoms with Crippen LogP contribution >= 0.6 is 0 Å². The second-order valence-electron chi connectivity index (χ2n) is 2.97. The summed E-state index contributed by atoms with van der Waals surface area (Å²) in [5, 5.41) is 0. The van der Waals surface area contributed by atoms with Crippen molar-refractivity contribution in [2.45, 2.75) is 34.1 Å². The maximum Gasteiger partial charge on any atom is 0.0898 e. The first kappa shape index (κ1) is 11.2. The summed E-state index contributed by atoms with van der Waals surface area (Å²) in [4.78, 5) is 0. The Balaban J connectivity index is 4.46. The van der Waals surface area contributed by atoms with Gasteiger partial charge in [-0.05, 0) is 45.3 Å². The minimum atomic E-state index is 0.661. The molecular weight excluding hydrogens is 151 g/mol. The average Bonchev–Trinajstić information content (AvgIpc) is 2.11. The Morgan fingerprint density at radius 3 is 2.25 bits per heavy atom. The van der Waals surface area contributed by atoms with Crippen molar-refractivity contribution in [1.82, 2.24) is 0 Å². The molecule has 0 amide bonds. The summed E-state index contributed by atoms with van der Waals surface area (Å²) in [6.45, 7) is 7.75. The van der Waals surface area contributed by atoms with Gasteiger partial charge < -0.3 is 0 Å². The SMILES string of the molecule is C/C=C\C/C(C)=C(C)\C(C)=C\F. The third-order valence-electron chi connectivity index (χ3n) is 2.06. The second-order valence-corrected chi connectivity index (χ2v) is 2.97. The number of rotatable bonds is 3. The Kier molecular flexibility index (Phi) is 5.35. The van der Waals surface area contributed by atoms with Crippen molar-refractivity contribution in [2.24, 2.45) is 0 Å². The summed E-state index contributed by atoms with van der Waals surface area (Å²) in [7, 11) is 0. The molecule has 0 aromatic rings. The minimum absolute atomic E-state index is 0.661. The lowest BCUT2D eigenvalue weighted by atomic mass is 10.0. The average molecular weight is 168 g/mol. The lowest BCUT2D eigenvalue weighted by Crippen LogP contribution is -1.84. The van der Waals surface area contributed by atoms with E-state index in [2.05, 4.69) is 6.08 Å². The van der Waals surface area contributed by atoms with Crippen molar-refractivity contribution in [3.8, 4) is 0 Å². The first-order chi connectivity index (χ1) is 5.63. The Morgan fingerprint density at radius 2 is 1.83 bits per heavy atom. The first-order valence-corrected chi connectivity index (χ1v) is 4.18. The van der Waals surface area contributed by atoms with Crippen LogP contribution < -0.4 is 0 Å². The van der Waals surface area contributed by atoms with Gasteiger partial charge in [0.15, 0.2) is 0 Å². The molecule has 0 rings (SSSR count). The van der Waals surface area contributed by atoms with E-state index in [9.17, 15) is 4.39 Å². The van der Waals surface area contributed by atoms with Crippen LogP contribution in [0.5, 0.6) is 0 Å². The number of halogens is 1. The van der Waals surface area contributed by atoms with Crippen LogP contribution in [0.1, 0.15) is 34.1 Å². The van der Waals surface area contributed by atoms with Gasteiger partial charge in [-0.25, -0.2) is 4.39 Å². The molecule has 0 atom stereocenters. The van der Waals surface area contributed by atoms with Gasteiger partial charge in [-0.1, -0.05) is 17.7 Å². The molecule has 0 heterocycles. The highest BCUT2D eigenvalue weighted by Gasteiger charge is 1.97. The van der Waals surface area contributed by atoms with Crippen LogP contribution in [0.3, 0.4) is 0 Å². The van der Waals surface area contributed by atoms with E-state index >= 15 is 0 Å². The number of hydrogen-bond donors (Lipinski definition) is 0. The summed E-state index contributed by atoms with van der Waals surface area (Å²) in [5.74, 6) is 0. The molecule has 0 saturated carbocycles. The highest BCUT2D eigenvalue weighted by Crippen LogP contribution is 2.16. The second kappa shape index (κ2) is 5.76. The fraction of sp³-hybridized carbons (Fsp3) is 0.455. The van der Waals surface area contributed by atoms with Crippen LogP contribution in [0.4, 0.5) is 4.39 Å². The van der Waals surface area contributed by atoms with Gasteiger partial charge >= 0.3 is 0 Å². The third-order valence-corrected chi connectivity index (χ3v) is 2.06. The Morgan fingerprint density at radius 1 is 1.25 bits per heavy atom. The van der Waals surface area contributed by atoms with Crippen LogP contribution in [0.2, 0.25) is 0 Å². The molecule has 0 aliphatic carbocycles. The molecule has 0 N–H and O–H groups in total. The summed E-state index contributed by atoms with van der Waals surface area (Å²) < 4.78 is 12.1. The first-order valence-electron chi connectivity index (χ1n) is 4.18. The fourth-order valence-corrected chi connectivity index (χ4v) is 0.866. The molecule has 1 heteroatoms. The van der Waals surface area contributed by atoms with Gasteiger partial charge in [0.1, 0.15) is 0 Å². The van der Waals surface area contributed by atoms with Gasteiger partial charge in [-0.2, -0.15) is 0 Å². The molecule has 0 aromatic carbocycles. The summed E-state index contributed by atoms with van der Waals surface area (Å²) in [6, 6.07) is 0. The molecule has 0 bridgehead atoms. The molecule has 0 aromatic heterocycles. The number of allylic oxidation sites excluding steroid dienone is 5. The Labute approximate surface area is 74.5 Å². The normalized spacial score (nSPS) is 15.2. The minimum Gasteiger partial charge on any atom is -0.215 e. The van der Waals surface area contributed by atoms with E-state index in [0.717, 1.165) is 17.6 Å². The molecule has 0 nitrogen and oxygen atoms in total. The molecule has 0 saturated heterocycles. The van der Waals surface area contributed by atoms with Crippen molar-refractivity contribution < 1.29 is 4.39 Å². The van der Waals surface area contributed by atoms with E-state index in [0.29, 0.717) is 6.33 Å². The maximum absolute atomic E-state index is 12.1. The lowest BCUT2D eigenvalue weighted by molar-refractivity contribution is 0.710. The van der Waals surface area contributed by atoms with Crippen molar-refractivity contribution in [3.63, 3.8) is 0 Å². The van der Waals surface area contributed by atoms with Gasteiger partial charge in [0.2, 0.25) is 0 Å². The largest absolute Gasteiger partial charge is 0.215 e. The zero-order valence-corrected chi connectivity index (χ0v) is 8.32. The molecule has 0 fully saturated rings. The van der Waals surface area contributed by atoms with Gasteiger partial charge in [0.25, 0.3) is 0 Å². The zero-order chi connectivity index (χ0) is 9.56. The van der Waals surface area contributed by atoms with E-state index in [4.69, 9.17) is 0 Å². The summed E-state index contributed by atoms with van der Waals surface area (Å²) in [5.41, 5.74) is 2.99. The van der Waals surface area contributed by atoms with Gasteiger partial charge in [-0.3, -0.25) is 0 Å². The molecule has 0 aliphatic rings. The smallest absolute Gasteiger partial charge is 0.0898 e. The number of hydrogen-bond acceptors (Lipinski definition) is 0. The predicted octanol–water partition coefficient (Wildman–Crippen LogP) is 4.16. The van der Waals surface area contributed by atoms with E-state index in [1.807, 2.05) is 26.8 Å². The quantitative estimate of drug-likeness (QED) is 0.438. The van der Waals surface area contributed by atoms with Gasteiger partial charge in [0.05, 0.1) is 6.33 Å². The maximum atomic E-state index is 12.1. The van der Waals surface area contributed by atoms with E-state index < -0.39 is 0 Å². The van der Waals surface area contributed by atoms with Crippen molar-refractivity contribution >= 4 is 0 Å². The molecule has 0 spiro atoms. The molecule has 0 aliphatic heterocycles. The molecule has 68 valence electrons. The molecule has 12 heavy (non-hydrogen) atoms. The Bertz CT molecular complexity index is 219. The lowest BCUT2D eigenvalue weighted by Gasteiger charge is -2.04. The Hall–Kier alpha value is -0.850. The van der Waals surface area contributed by atoms with E-state index in [1.165, 1.54) is 5.57 Å². The van der Waals surface area contributed by atoms with Crippen LogP contribution in [0, 0.1) is 0 Å².